The van der Waals surface area contributed by atoms with E-state index in [-0.39, 0.29) is 0 Å². The highest BCUT2D eigenvalue weighted by molar-refractivity contribution is 7.11. The molecule has 0 spiro atoms. The smallest absolute Gasteiger partial charge is 0.145 e. The van der Waals surface area contributed by atoms with Crippen molar-refractivity contribution in [2.45, 2.75) is 13.5 Å². The van der Waals surface area contributed by atoms with Crippen LogP contribution in [-0.4, -0.2) is 9.97 Å². The van der Waals surface area contributed by atoms with E-state index in [0.717, 1.165) is 5.01 Å². The highest BCUT2D eigenvalue weighted by Gasteiger charge is 2.01. The maximum absolute atomic E-state index is 5.96. The van der Waals surface area contributed by atoms with Gasteiger partial charge in [-0.1, -0.05) is 11.6 Å². The van der Waals surface area contributed by atoms with Crippen molar-refractivity contribution in [3.05, 3.63) is 39.4 Å². The maximum Gasteiger partial charge on any atom is 0.145 e. The van der Waals surface area contributed by atoms with Gasteiger partial charge in [-0.25, -0.2) is 9.97 Å². The zero-order valence-electron chi connectivity index (χ0n) is 8.20. The summed E-state index contributed by atoms with van der Waals surface area (Å²) in [7, 11) is 0. The highest BCUT2D eigenvalue weighted by atomic mass is 35.5. The zero-order valence-corrected chi connectivity index (χ0v) is 9.77. The minimum atomic E-state index is 0.638. The predicted octanol–water partition coefficient (Wildman–Crippen LogP) is 3.11. The second-order valence-corrected chi connectivity index (χ2v) is 4.76. The van der Waals surface area contributed by atoms with E-state index in [2.05, 4.69) is 15.3 Å². The Bertz CT molecular complexity index is 455. The summed E-state index contributed by atoms with van der Waals surface area (Å²) < 4.78 is 0. The number of rotatable bonds is 3. The predicted molar refractivity (Wildman–Crippen MR) is 63.4 cm³/mol. The second-order valence-electron chi connectivity index (χ2n) is 3.03. The molecule has 0 bridgehead atoms. The molecule has 0 amide bonds. The van der Waals surface area contributed by atoms with E-state index < -0.39 is 0 Å². The van der Waals surface area contributed by atoms with Crippen LogP contribution >= 0.6 is 22.9 Å². The van der Waals surface area contributed by atoms with E-state index in [0.29, 0.717) is 17.4 Å². The van der Waals surface area contributed by atoms with Gasteiger partial charge in [-0.2, -0.15) is 0 Å². The Balaban J connectivity index is 2.02. The molecule has 3 nitrogen and oxygen atoms in total. The molecule has 5 heteroatoms. The van der Waals surface area contributed by atoms with Crippen LogP contribution in [0.3, 0.4) is 0 Å². The van der Waals surface area contributed by atoms with E-state index in [1.807, 2.05) is 25.3 Å². The third kappa shape index (κ3) is 2.67. The topological polar surface area (TPSA) is 37.8 Å². The standard InChI is InChI=1S/C10H10ClN3S/c1-7-13-5-8(15-7)6-14-10-9(11)3-2-4-12-10/h2-5H,6H2,1H3,(H,12,14). The number of aryl methyl sites for hydroxylation is 1. The Morgan fingerprint density at radius 2 is 2.33 bits per heavy atom. The molecular formula is C10H10ClN3S. The van der Waals surface area contributed by atoms with Gasteiger partial charge >= 0.3 is 0 Å². The van der Waals surface area contributed by atoms with Gasteiger partial charge in [-0.05, 0) is 19.1 Å². The van der Waals surface area contributed by atoms with Crippen molar-refractivity contribution in [3.63, 3.8) is 0 Å². The van der Waals surface area contributed by atoms with Gasteiger partial charge in [-0.15, -0.1) is 11.3 Å². The average Bonchev–Trinajstić information content (AvgIpc) is 2.63. The monoisotopic (exact) mass is 239 g/mol. The van der Waals surface area contributed by atoms with Crippen molar-refractivity contribution >= 4 is 28.8 Å². The maximum atomic E-state index is 5.96. The molecule has 78 valence electrons. The Kier molecular flexibility index (Phi) is 3.18. The van der Waals surface area contributed by atoms with Crippen LogP contribution in [0.15, 0.2) is 24.5 Å². The molecule has 2 rings (SSSR count). The SMILES string of the molecule is Cc1ncc(CNc2ncccc2Cl)s1. The fourth-order valence-electron chi connectivity index (χ4n) is 1.17. The van der Waals surface area contributed by atoms with Gasteiger partial charge < -0.3 is 5.32 Å². The van der Waals surface area contributed by atoms with Crippen molar-refractivity contribution in [2.75, 3.05) is 5.32 Å². The Labute approximate surface area is 97.2 Å². The molecule has 0 aromatic carbocycles. The van der Waals surface area contributed by atoms with E-state index in [1.165, 1.54) is 4.88 Å². The summed E-state index contributed by atoms with van der Waals surface area (Å²) in [5, 5.41) is 4.88. The summed E-state index contributed by atoms with van der Waals surface area (Å²) in [5.41, 5.74) is 0. The molecule has 0 unspecified atom stereocenters. The molecule has 0 fully saturated rings. The molecule has 2 aromatic heterocycles. The number of pyridine rings is 1. The van der Waals surface area contributed by atoms with Crippen molar-refractivity contribution in [1.82, 2.24) is 9.97 Å². The fourth-order valence-corrected chi connectivity index (χ4v) is 2.10. The van der Waals surface area contributed by atoms with Crippen LogP contribution in [0.4, 0.5) is 5.82 Å². The minimum Gasteiger partial charge on any atom is -0.364 e. The van der Waals surface area contributed by atoms with Crippen LogP contribution in [0.5, 0.6) is 0 Å². The number of hydrogen-bond donors (Lipinski definition) is 1. The van der Waals surface area contributed by atoms with Crippen LogP contribution in [0.2, 0.25) is 5.02 Å². The summed E-state index contributed by atoms with van der Waals surface area (Å²) in [6.07, 6.45) is 3.58. The fraction of sp³-hybridized carbons (Fsp3) is 0.200. The molecule has 2 aromatic rings. The molecule has 0 aliphatic carbocycles. The first-order valence-electron chi connectivity index (χ1n) is 4.51. The normalized spacial score (nSPS) is 10.3. The number of halogens is 1. The van der Waals surface area contributed by atoms with Gasteiger partial charge in [0.25, 0.3) is 0 Å². The van der Waals surface area contributed by atoms with E-state index in [1.54, 1.807) is 17.5 Å². The largest absolute Gasteiger partial charge is 0.364 e. The number of hydrogen-bond acceptors (Lipinski definition) is 4. The lowest BCUT2D eigenvalue weighted by Gasteiger charge is -2.04. The van der Waals surface area contributed by atoms with Gasteiger partial charge in [0.15, 0.2) is 0 Å². The summed E-state index contributed by atoms with van der Waals surface area (Å²) in [5.74, 6) is 0.713. The summed E-state index contributed by atoms with van der Waals surface area (Å²) >= 11 is 7.63. The molecule has 0 saturated carbocycles. The van der Waals surface area contributed by atoms with E-state index in [4.69, 9.17) is 11.6 Å². The molecular weight excluding hydrogens is 230 g/mol. The van der Waals surface area contributed by atoms with Crippen molar-refractivity contribution in [3.8, 4) is 0 Å². The molecule has 0 aliphatic rings. The highest BCUT2D eigenvalue weighted by Crippen LogP contribution is 2.19. The first-order chi connectivity index (χ1) is 7.25. The van der Waals surface area contributed by atoms with Gasteiger partial charge in [0.05, 0.1) is 16.6 Å². The van der Waals surface area contributed by atoms with Gasteiger partial charge in [-0.3, -0.25) is 0 Å². The van der Waals surface area contributed by atoms with Crippen LogP contribution in [0, 0.1) is 6.92 Å². The molecule has 2 heterocycles. The van der Waals surface area contributed by atoms with Crippen LogP contribution < -0.4 is 5.32 Å². The summed E-state index contributed by atoms with van der Waals surface area (Å²) in [6, 6.07) is 3.62. The molecule has 0 aliphatic heterocycles. The van der Waals surface area contributed by atoms with Crippen molar-refractivity contribution in [2.24, 2.45) is 0 Å². The molecule has 15 heavy (non-hydrogen) atoms. The lowest BCUT2D eigenvalue weighted by Crippen LogP contribution is -1.99. The zero-order chi connectivity index (χ0) is 10.7. The number of aromatic nitrogens is 2. The number of nitrogens with one attached hydrogen (secondary N) is 1. The number of nitrogens with zero attached hydrogens (tertiary/aromatic N) is 2. The molecule has 0 radical (unpaired) electrons. The Hall–Kier alpha value is -1.13. The van der Waals surface area contributed by atoms with Gasteiger partial charge in [0, 0.05) is 17.3 Å². The van der Waals surface area contributed by atoms with Crippen LogP contribution in [0.25, 0.3) is 0 Å². The third-order valence-corrected chi connectivity index (χ3v) is 3.08. The third-order valence-electron chi connectivity index (χ3n) is 1.86. The minimum absolute atomic E-state index is 0.638. The van der Waals surface area contributed by atoms with E-state index in [9.17, 15) is 0 Å². The van der Waals surface area contributed by atoms with Crippen LogP contribution in [-0.2, 0) is 6.54 Å². The molecule has 0 saturated heterocycles. The quantitative estimate of drug-likeness (QED) is 0.895. The first kappa shape index (κ1) is 10.4. The van der Waals surface area contributed by atoms with Gasteiger partial charge in [0.2, 0.25) is 0 Å². The Morgan fingerprint density at radius 3 is 3.00 bits per heavy atom. The lowest BCUT2D eigenvalue weighted by atomic mass is 10.4. The lowest BCUT2D eigenvalue weighted by molar-refractivity contribution is 1.13. The number of anilines is 1. The summed E-state index contributed by atoms with van der Waals surface area (Å²) in [6.45, 7) is 2.70. The second kappa shape index (κ2) is 4.59. The van der Waals surface area contributed by atoms with Crippen LogP contribution in [0.1, 0.15) is 9.88 Å². The Morgan fingerprint density at radius 1 is 1.47 bits per heavy atom. The average molecular weight is 240 g/mol. The van der Waals surface area contributed by atoms with Gasteiger partial charge in [0.1, 0.15) is 5.82 Å². The molecule has 0 atom stereocenters. The first-order valence-corrected chi connectivity index (χ1v) is 5.71. The van der Waals surface area contributed by atoms with Crippen molar-refractivity contribution in [1.29, 1.82) is 0 Å². The number of thiazole rings is 1. The van der Waals surface area contributed by atoms with E-state index >= 15 is 0 Å². The molecule has 1 N–H and O–H groups in total. The summed E-state index contributed by atoms with van der Waals surface area (Å²) in [4.78, 5) is 9.49. The van der Waals surface area contributed by atoms with Crippen molar-refractivity contribution < 1.29 is 0 Å².